The van der Waals surface area contributed by atoms with Gasteiger partial charge in [0.1, 0.15) is 0 Å². The fraction of sp³-hybridized carbons (Fsp3) is 0.500. The van der Waals surface area contributed by atoms with Gasteiger partial charge in [-0.05, 0) is 49.3 Å². The minimum atomic E-state index is -3.82. The highest BCUT2D eigenvalue weighted by atomic mass is 32.2. The predicted octanol–water partition coefficient (Wildman–Crippen LogP) is 2.24. The van der Waals surface area contributed by atoms with Gasteiger partial charge in [0.25, 0.3) is 0 Å². The van der Waals surface area contributed by atoms with Gasteiger partial charge in [0, 0.05) is 11.1 Å². The van der Waals surface area contributed by atoms with E-state index in [1.54, 1.807) is 11.8 Å². The smallest absolute Gasteiger partial charge is 0.325 e. The molecule has 102 valence electrons. The van der Waals surface area contributed by atoms with Crippen LogP contribution < -0.4 is 5.73 Å². The van der Waals surface area contributed by atoms with Crippen molar-refractivity contribution in [1.82, 2.24) is 0 Å². The first kappa shape index (κ1) is 15.7. The Bertz CT molecular complexity index is 408. The molecule has 1 aromatic rings. The van der Waals surface area contributed by atoms with Crippen molar-refractivity contribution in [3.05, 3.63) is 29.8 Å². The first-order chi connectivity index (χ1) is 8.51. The Morgan fingerprint density at radius 2 is 2.06 bits per heavy atom. The van der Waals surface area contributed by atoms with E-state index in [4.69, 9.17) is 15.5 Å². The van der Waals surface area contributed by atoms with Gasteiger partial charge >= 0.3 is 7.60 Å². The quantitative estimate of drug-likeness (QED) is 0.388. The second-order valence-electron chi connectivity index (χ2n) is 4.13. The molecule has 0 saturated heterocycles. The third-order valence-corrected chi connectivity index (χ3v) is 4.42. The third-order valence-electron chi connectivity index (χ3n) is 2.44. The normalized spacial score (nSPS) is 11.7. The highest BCUT2D eigenvalue weighted by Gasteiger charge is 2.11. The summed E-state index contributed by atoms with van der Waals surface area (Å²) in [5.74, 6) is 0.881. The molecular formula is C12H20NO3PS. The van der Waals surface area contributed by atoms with E-state index in [-0.39, 0.29) is 6.16 Å². The van der Waals surface area contributed by atoms with Crippen LogP contribution in [0.2, 0.25) is 0 Å². The molecule has 0 unspecified atom stereocenters. The van der Waals surface area contributed by atoms with Crippen molar-refractivity contribution in [2.75, 3.05) is 18.5 Å². The van der Waals surface area contributed by atoms with Crippen molar-refractivity contribution < 1.29 is 14.4 Å². The topological polar surface area (TPSA) is 83.6 Å². The molecule has 0 aliphatic rings. The maximum Gasteiger partial charge on any atom is 0.325 e. The minimum absolute atomic E-state index is 0.0131. The second-order valence-corrected chi connectivity index (χ2v) is 7.07. The molecular weight excluding hydrogens is 269 g/mol. The second kappa shape index (κ2) is 7.97. The van der Waals surface area contributed by atoms with Gasteiger partial charge in [0.05, 0.1) is 0 Å². The van der Waals surface area contributed by atoms with Crippen LogP contribution in [0.25, 0.3) is 0 Å². The number of hydrogen-bond acceptors (Lipinski definition) is 3. The maximum absolute atomic E-state index is 10.7. The SMILES string of the molecule is NCCc1cccc(SCCCCP(=O)(O)O)c1. The van der Waals surface area contributed by atoms with Gasteiger partial charge in [-0.25, -0.2) is 0 Å². The molecule has 1 aromatic carbocycles. The summed E-state index contributed by atoms with van der Waals surface area (Å²) in [6.45, 7) is 0.649. The summed E-state index contributed by atoms with van der Waals surface area (Å²) < 4.78 is 10.7. The first-order valence-electron chi connectivity index (χ1n) is 5.97. The van der Waals surface area contributed by atoms with Gasteiger partial charge in [0.15, 0.2) is 0 Å². The zero-order chi connectivity index (χ0) is 13.4. The molecule has 0 fully saturated rings. The summed E-state index contributed by atoms with van der Waals surface area (Å²) in [4.78, 5) is 18.6. The number of hydrogen-bond donors (Lipinski definition) is 3. The Hall–Kier alpha value is -0.320. The predicted molar refractivity (Wildman–Crippen MR) is 76.1 cm³/mol. The van der Waals surface area contributed by atoms with E-state index in [1.807, 2.05) is 12.1 Å². The molecule has 0 radical (unpaired) electrons. The Morgan fingerprint density at radius 1 is 1.28 bits per heavy atom. The van der Waals surface area contributed by atoms with E-state index in [9.17, 15) is 4.57 Å². The number of unbranched alkanes of at least 4 members (excludes halogenated alkanes) is 1. The van der Waals surface area contributed by atoms with Crippen LogP contribution in [0.1, 0.15) is 18.4 Å². The standard InChI is InChI=1S/C12H20NO3PS/c13-7-6-11-4-3-5-12(10-11)18-9-2-1-8-17(14,15)16/h3-5,10H,1-2,6-9,13H2,(H2,14,15,16). The van der Waals surface area contributed by atoms with E-state index < -0.39 is 7.60 Å². The molecule has 6 heteroatoms. The first-order valence-corrected chi connectivity index (χ1v) is 8.76. The van der Waals surface area contributed by atoms with E-state index >= 15 is 0 Å². The van der Waals surface area contributed by atoms with Gasteiger partial charge in [-0.1, -0.05) is 12.1 Å². The zero-order valence-corrected chi connectivity index (χ0v) is 12.0. The minimum Gasteiger partial charge on any atom is -0.330 e. The number of nitrogens with two attached hydrogens (primary N) is 1. The Labute approximate surface area is 112 Å². The Balaban J connectivity index is 2.26. The summed E-state index contributed by atoms with van der Waals surface area (Å²) in [6, 6.07) is 8.25. The van der Waals surface area contributed by atoms with E-state index in [2.05, 4.69) is 12.1 Å². The molecule has 18 heavy (non-hydrogen) atoms. The van der Waals surface area contributed by atoms with Crippen molar-refractivity contribution in [2.24, 2.45) is 5.73 Å². The van der Waals surface area contributed by atoms with Crippen LogP contribution in [0.4, 0.5) is 0 Å². The lowest BCUT2D eigenvalue weighted by Gasteiger charge is -2.05. The monoisotopic (exact) mass is 289 g/mol. The van der Waals surface area contributed by atoms with E-state index in [0.29, 0.717) is 13.0 Å². The Kier molecular flexibility index (Phi) is 6.97. The van der Waals surface area contributed by atoms with Crippen LogP contribution in [0.5, 0.6) is 0 Å². The number of thioether (sulfide) groups is 1. The average molecular weight is 289 g/mol. The van der Waals surface area contributed by atoms with E-state index in [1.165, 1.54) is 10.5 Å². The molecule has 4 nitrogen and oxygen atoms in total. The van der Waals surface area contributed by atoms with Crippen molar-refractivity contribution >= 4 is 19.4 Å². The molecule has 0 heterocycles. The molecule has 0 aromatic heterocycles. The third kappa shape index (κ3) is 7.19. The van der Waals surface area contributed by atoms with Gasteiger partial charge < -0.3 is 15.5 Å². The van der Waals surface area contributed by atoms with Gasteiger partial charge in [-0.2, -0.15) is 0 Å². The lowest BCUT2D eigenvalue weighted by atomic mass is 10.2. The summed E-state index contributed by atoms with van der Waals surface area (Å²) in [5.41, 5.74) is 6.74. The summed E-state index contributed by atoms with van der Waals surface area (Å²) in [5, 5.41) is 0. The van der Waals surface area contributed by atoms with Crippen LogP contribution in [0, 0.1) is 0 Å². The fourth-order valence-electron chi connectivity index (χ4n) is 1.57. The molecule has 1 rings (SSSR count). The molecule has 0 atom stereocenters. The molecule has 0 aliphatic carbocycles. The van der Waals surface area contributed by atoms with Crippen molar-refractivity contribution in [2.45, 2.75) is 24.2 Å². The molecule has 0 aliphatic heterocycles. The molecule has 0 amide bonds. The van der Waals surface area contributed by atoms with E-state index in [0.717, 1.165) is 18.6 Å². The van der Waals surface area contributed by atoms with Gasteiger partial charge in [0.2, 0.25) is 0 Å². The highest BCUT2D eigenvalue weighted by molar-refractivity contribution is 7.99. The lowest BCUT2D eigenvalue weighted by molar-refractivity contribution is 0.371. The highest BCUT2D eigenvalue weighted by Crippen LogP contribution is 2.35. The maximum atomic E-state index is 10.7. The van der Waals surface area contributed by atoms with Crippen molar-refractivity contribution in [3.8, 4) is 0 Å². The summed E-state index contributed by atoms with van der Waals surface area (Å²) in [7, 11) is -3.82. The summed E-state index contributed by atoms with van der Waals surface area (Å²) >= 11 is 1.72. The van der Waals surface area contributed by atoms with Crippen LogP contribution in [-0.2, 0) is 11.0 Å². The Morgan fingerprint density at radius 3 is 2.72 bits per heavy atom. The largest absolute Gasteiger partial charge is 0.330 e. The van der Waals surface area contributed by atoms with Crippen LogP contribution >= 0.6 is 19.4 Å². The van der Waals surface area contributed by atoms with Crippen LogP contribution in [0.3, 0.4) is 0 Å². The average Bonchev–Trinajstić information content (AvgIpc) is 2.28. The summed E-state index contributed by atoms with van der Waals surface area (Å²) in [6.07, 6.45) is 2.25. The number of rotatable bonds is 8. The molecule has 0 saturated carbocycles. The van der Waals surface area contributed by atoms with Crippen molar-refractivity contribution in [3.63, 3.8) is 0 Å². The van der Waals surface area contributed by atoms with Crippen LogP contribution in [0.15, 0.2) is 29.2 Å². The van der Waals surface area contributed by atoms with Crippen LogP contribution in [-0.4, -0.2) is 28.2 Å². The van der Waals surface area contributed by atoms with Gasteiger partial charge in [-0.15, -0.1) is 11.8 Å². The lowest BCUT2D eigenvalue weighted by Crippen LogP contribution is -2.02. The molecule has 4 N–H and O–H groups in total. The molecule has 0 bridgehead atoms. The zero-order valence-electron chi connectivity index (χ0n) is 10.3. The number of benzene rings is 1. The van der Waals surface area contributed by atoms with Gasteiger partial charge in [-0.3, -0.25) is 4.57 Å². The van der Waals surface area contributed by atoms with Crippen molar-refractivity contribution in [1.29, 1.82) is 0 Å². The fourth-order valence-corrected chi connectivity index (χ4v) is 3.20. The molecule has 0 spiro atoms.